The Hall–Kier alpha value is -0.660. The molecule has 2 atom stereocenters. The van der Waals surface area contributed by atoms with Gasteiger partial charge in [-0.05, 0) is 18.3 Å². The fourth-order valence-corrected chi connectivity index (χ4v) is 2.54. The fraction of sp³-hybridized carbons (Fsp3) is 0.846. The molecule has 0 aromatic carbocycles. The van der Waals surface area contributed by atoms with Gasteiger partial charge in [0.05, 0.1) is 5.92 Å². The summed E-state index contributed by atoms with van der Waals surface area (Å²) in [6, 6.07) is 0. The number of hydrogen-bond acceptors (Lipinski definition) is 2. The first-order valence-corrected chi connectivity index (χ1v) is 5.94. The third-order valence-corrected chi connectivity index (χ3v) is 3.25. The molecule has 0 aromatic heterocycles. The van der Waals surface area contributed by atoms with Crippen LogP contribution in [0.4, 0.5) is 0 Å². The molecule has 1 saturated carbocycles. The normalized spacial score (nSPS) is 28.3. The van der Waals surface area contributed by atoms with Crippen molar-refractivity contribution in [2.24, 2.45) is 17.3 Å². The van der Waals surface area contributed by atoms with Crippen LogP contribution in [0.2, 0.25) is 0 Å². The van der Waals surface area contributed by atoms with Crippen LogP contribution in [-0.4, -0.2) is 11.6 Å². The standard InChI is InChI=1S/C13H22O2/c1-5-6-9-7-8-10(14)11(12(9)15)13(2,3)4/h9,11H,5-8H2,1-4H3. The molecule has 1 aliphatic rings. The average Bonchev–Trinajstić information content (AvgIpc) is 2.08. The largest absolute Gasteiger partial charge is 0.299 e. The average molecular weight is 210 g/mol. The molecule has 2 nitrogen and oxygen atoms in total. The molecular formula is C13H22O2. The highest BCUT2D eigenvalue weighted by Crippen LogP contribution is 2.36. The van der Waals surface area contributed by atoms with Gasteiger partial charge in [-0.2, -0.15) is 0 Å². The van der Waals surface area contributed by atoms with Gasteiger partial charge in [0.25, 0.3) is 0 Å². The lowest BCUT2D eigenvalue weighted by Crippen LogP contribution is -2.42. The first-order valence-electron chi connectivity index (χ1n) is 5.94. The van der Waals surface area contributed by atoms with Crippen molar-refractivity contribution in [2.75, 3.05) is 0 Å². The molecule has 2 heteroatoms. The Morgan fingerprint density at radius 1 is 1.27 bits per heavy atom. The molecule has 1 aliphatic carbocycles. The van der Waals surface area contributed by atoms with Crippen LogP contribution in [0.25, 0.3) is 0 Å². The van der Waals surface area contributed by atoms with Crippen LogP contribution < -0.4 is 0 Å². The molecule has 2 unspecified atom stereocenters. The highest BCUT2D eigenvalue weighted by molar-refractivity contribution is 6.06. The van der Waals surface area contributed by atoms with Gasteiger partial charge in [-0.25, -0.2) is 0 Å². The van der Waals surface area contributed by atoms with E-state index in [2.05, 4.69) is 6.92 Å². The lowest BCUT2D eigenvalue weighted by Gasteiger charge is -2.35. The van der Waals surface area contributed by atoms with Crippen molar-refractivity contribution in [2.45, 2.75) is 53.4 Å². The lowest BCUT2D eigenvalue weighted by molar-refractivity contribution is -0.143. The Morgan fingerprint density at radius 2 is 1.87 bits per heavy atom. The van der Waals surface area contributed by atoms with Gasteiger partial charge in [-0.3, -0.25) is 9.59 Å². The van der Waals surface area contributed by atoms with Crippen LogP contribution in [0.5, 0.6) is 0 Å². The monoisotopic (exact) mass is 210 g/mol. The summed E-state index contributed by atoms with van der Waals surface area (Å²) in [6.45, 7) is 8.06. The van der Waals surface area contributed by atoms with E-state index in [1.165, 1.54) is 0 Å². The minimum atomic E-state index is -0.359. The Morgan fingerprint density at radius 3 is 2.33 bits per heavy atom. The molecule has 0 aromatic rings. The fourth-order valence-electron chi connectivity index (χ4n) is 2.54. The minimum absolute atomic E-state index is 0.136. The Balaban J connectivity index is 2.84. The highest BCUT2D eigenvalue weighted by Gasteiger charge is 2.42. The Labute approximate surface area is 92.4 Å². The number of ketones is 2. The van der Waals surface area contributed by atoms with E-state index in [0.717, 1.165) is 19.3 Å². The second-order valence-electron chi connectivity index (χ2n) is 5.69. The molecule has 0 spiro atoms. The lowest BCUT2D eigenvalue weighted by atomic mass is 9.67. The SMILES string of the molecule is CCCC1CCC(=O)C(C(C)(C)C)C1=O. The maximum atomic E-state index is 12.2. The first kappa shape index (κ1) is 12.4. The molecule has 0 saturated heterocycles. The number of hydrogen-bond donors (Lipinski definition) is 0. The van der Waals surface area contributed by atoms with E-state index < -0.39 is 0 Å². The summed E-state index contributed by atoms with van der Waals surface area (Å²) in [5, 5.41) is 0. The van der Waals surface area contributed by atoms with Gasteiger partial charge in [0.2, 0.25) is 0 Å². The van der Waals surface area contributed by atoms with Crippen LogP contribution in [0.3, 0.4) is 0 Å². The van der Waals surface area contributed by atoms with Gasteiger partial charge >= 0.3 is 0 Å². The summed E-state index contributed by atoms with van der Waals surface area (Å²) >= 11 is 0. The van der Waals surface area contributed by atoms with Crippen molar-refractivity contribution in [3.63, 3.8) is 0 Å². The van der Waals surface area contributed by atoms with Crippen LogP contribution in [0, 0.1) is 17.3 Å². The van der Waals surface area contributed by atoms with Crippen molar-refractivity contribution in [3.8, 4) is 0 Å². The zero-order chi connectivity index (χ0) is 11.6. The van der Waals surface area contributed by atoms with Crippen LogP contribution in [0.1, 0.15) is 53.4 Å². The van der Waals surface area contributed by atoms with E-state index in [1.807, 2.05) is 20.8 Å². The molecule has 1 fully saturated rings. The second-order valence-corrected chi connectivity index (χ2v) is 5.69. The summed E-state index contributed by atoms with van der Waals surface area (Å²) in [7, 11) is 0. The summed E-state index contributed by atoms with van der Waals surface area (Å²) in [6.07, 6.45) is 3.34. The highest BCUT2D eigenvalue weighted by atomic mass is 16.2. The third-order valence-electron chi connectivity index (χ3n) is 3.25. The van der Waals surface area contributed by atoms with E-state index in [0.29, 0.717) is 6.42 Å². The first-order chi connectivity index (χ1) is 6.88. The van der Waals surface area contributed by atoms with Crippen LogP contribution in [0.15, 0.2) is 0 Å². The van der Waals surface area contributed by atoms with Crippen molar-refractivity contribution in [3.05, 3.63) is 0 Å². The summed E-state index contributed by atoms with van der Waals surface area (Å²) < 4.78 is 0. The van der Waals surface area contributed by atoms with E-state index in [1.54, 1.807) is 0 Å². The van der Waals surface area contributed by atoms with Gasteiger partial charge in [0.15, 0.2) is 0 Å². The molecule has 15 heavy (non-hydrogen) atoms. The molecule has 0 N–H and O–H groups in total. The molecule has 0 heterocycles. The second kappa shape index (κ2) is 4.46. The molecule has 0 bridgehead atoms. The van der Waals surface area contributed by atoms with Crippen molar-refractivity contribution < 1.29 is 9.59 Å². The van der Waals surface area contributed by atoms with Gasteiger partial charge in [0.1, 0.15) is 11.6 Å². The van der Waals surface area contributed by atoms with Gasteiger partial charge in [-0.1, -0.05) is 34.1 Å². The number of carbonyl (C=O) groups excluding carboxylic acids is 2. The van der Waals surface area contributed by atoms with E-state index in [4.69, 9.17) is 0 Å². The van der Waals surface area contributed by atoms with Crippen LogP contribution >= 0.6 is 0 Å². The number of rotatable bonds is 2. The van der Waals surface area contributed by atoms with Gasteiger partial charge in [-0.15, -0.1) is 0 Å². The quantitative estimate of drug-likeness (QED) is 0.657. The Bertz CT molecular complexity index is 260. The third kappa shape index (κ3) is 2.67. The van der Waals surface area contributed by atoms with Gasteiger partial charge < -0.3 is 0 Å². The zero-order valence-electron chi connectivity index (χ0n) is 10.3. The van der Waals surface area contributed by atoms with E-state index in [9.17, 15) is 9.59 Å². The zero-order valence-corrected chi connectivity index (χ0v) is 10.3. The predicted octanol–water partition coefficient (Wildman–Crippen LogP) is 3.00. The van der Waals surface area contributed by atoms with E-state index >= 15 is 0 Å². The Kier molecular flexibility index (Phi) is 3.69. The minimum Gasteiger partial charge on any atom is -0.299 e. The predicted molar refractivity (Wildman–Crippen MR) is 60.6 cm³/mol. The van der Waals surface area contributed by atoms with Crippen molar-refractivity contribution in [1.82, 2.24) is 0 Å². The summed E-state index contributed by atoms with van der Waals surface area (Å²) in [5.74, 6) is 0.125. The molecule has 1 rings (SSSR count). The van der Waals surface area contributed by atoms with Crippen molar-refractivity contribution >= 4 is 11.6 Å². The maximum Gasteiger partial charge on any atom is 0.146 e. The molecule has 86 valence electrons. The van der Waals surface area contributed by atoms with Crippen LogP contribution in [-0.2, 0) is 9.59 Å². The topological polar surface area (TPSA) is 34.1 Å². The molecule has 0 radical (unpaired) electrons. The smallest absolute Gasteiger partial charge is 0.146 e. The van der Waals surface area contributed by atoms with E-state index in [-0.39, 0.29) is 28.8 Å². The van der Waals surface area contributed by atoms with Gasteiger partial charge in [0, 0.05) is 12.3 Å². The summed E-state index contributed by atoms with van der Waals surface area (Å²) in [5.41, 5.74) is -0.208. The number of Topliss-reactive ketones (excluding diaryl/α,β-unsaturated/α-hetero) is 2. The van der Waals surface area contributed by atoms with Crippen molar-refractivity contribution in [1.29, 1.82) is 0 Å². The molecule has 0 amide bonds. The summed E-state index contributed by atoms with van der Waals surface area (Å²) in [4.78, 5) is 23.9. The maximum absolute atomic E-state index is 12.2. The molecular weight excluding hydrogens is 188 g/mol. The molecule has 0 aliphatic heterocycles. The number of carbonyl (C=O) groups is 2.